The molecule has 3 heterocycles. The zero-order valence-corrected chi connectivity index (χ0v) is 23.9. The van der Waals surface area contributed by atoms with E-state index in [1.54, 1.807) is 15.7 Å². The molecular formula is C31H29F3N8O2. The van der Waals surface area contributed by atoms with Gasteiger partial charge in [-0.15, -0.1) is 0 Å². The van der Waals surface area contributed by atoms with Gasteiger partial charge in [0, 0.05) is 18.2 Å². The smallest absolute Gasteiger partial charge is 0.264 e. The van der Waals surface area contributed by atoms with Crippen LogP contribution < -0.4 is 15.8 Å². The van der Waals surface area contributed by atoms with Crippen molar-refractivity contribution >= 4 is 22.8 Å². The van der Waals surface area contributed by atoms with Gasteiger partial charge in [0.1, 0.15) is 29.0 Å². The lowest BCUT2D eigenvalue weighted by Gasteiger charge is -2.25. The lowest BCUT2D eigenvalue weighted by molar-refractivity contribution is -0.127. The molecule has 0 unspecified atom stereocenters. The molecule has 2 fully saturated rings. The maximum Gasteiger partial charge on any atom is 0.264 e. The summed E-state index contributed by atoms with van der Waals surface area (Å²) in [6.45, 7) is 3.53. The minimum Gasteiger partial charge on any atom is -0.454 e. The van der Waals surface area contributed by atoms with Gasteiger partial charge in [-0.3, -0.25) is 4.79 Å². The maximum absolute atomic E-state index is 15.3. The highest BCUT2D eigenvalue weighted by Crippen LogP contribution is 2.38. The largest absolute Gasteiger partial charge is 0.454 e. The Kier molecular flexibility index (Phi) is 7.69. The van der Waals surface area contributed by atoms with Gasteiger partial charge in [-0.2, -0.15) is 14.8 Å². The van der Waals surface area contributed by atoms with Crippen molar-refractivity contribution in [2.24, 2.45) is 0 Å². The van der Waals surface area contributed by atoms with E-state index in [-0.39, 0.29) is 58.3 Å². The van der Waals surface area contributed by atoms with E-state index < -0.39 is 17.5 Å². The summed E-state index contributed by atoms with van der Waals surface area (Å²) in [4.78, 5) is 24.0. The fourth-order valence-corrected chi connectivity index (χ4v) is 5.59. The van der Waals surface area contributed by atoms with Gasteiger partial charge in [0.05, 0.1) is 29.7 Å². The van der Waals surface area contributed by atoms with Crippen LogP contribution in [0, 0.1) is 28.8 Å². The summed E-state index contributed by atoms with van der Waals surface area (Å²) in [5.74, 6) is -3.71. The normalized spacial score (nSPS) is 17.6. The quantitative estimate of drug-likeness (QED) is 0.205. The number of nitrogen functional groups attached to an aromatic ring is 1. The number of hydrogen-bond acceptors (Lipinski definition) is 8. The summed E-state index contributed by atoms with van der Waals surface area (Å²) < 4.78 is 49.8. The Balaban J connectivity index is 1.25. The zero-order valence-electron chi connectivity index (χ0n) is 23.9. The van der Waals surface area contributed by atoms with Gasteiger partial charge in [0.15, 0.2) is 23.0 Å². The van der Waals surface area contributed by atoms with Crippen molar-refractivity contribution < 1.29 is 22.7 Å². The standard InChI is InChI=1S/C31H29F3N8O2/c1-2-37-31(10-11-31)14-18(15-35)30(43)41-12-4-5-19(41)17-42-29-22(16-38-42)27(36)39-28(40-29)21-9-8-20(13-24(21)33)44-25-7-3-6-23(32)26(25)34/h3,6-9,13-14,16,19,37H,2,4-5,10-12,17H2,1H3,(H2,36,39,40)/t19-/m0/s1. The van der Waals surface area contributed by atoms with Crippen molar-refractivity contribution in [1.82, 2.24) is 30.0 Å². The average molecular weight is 603 g/mol. The van der Waals surface area contributed by atoms with Gasteiger partial charge in [0.2, 0.25) is 5.82 Å². The number of fused-ring (bicyclic) bond motifs is 1. The number of nitrogens with one attached hydrogen (secondary N) is 1. The van der Waals surface area contributed by atoms with Crippen molar-refractivity contribution in [2.45, 2.75) is 50.7 Å². The van der Waals surface area contributed by atoms with Crippen LogP contribution in [0.1, 0.15) is 32.6 Å². The molecule has 2 aromatic heterocycles. The number of likely N-dealkylation sites (N-methyl/N-ethyl adjacent to an activating group) is 1. The summed E-state index contributed by atoms with van der Waals surface area (Å²) >= 11 is 0. The second-order valence-electron chi connectivity index (χ2n) is 10.9. The molecule has 1 saturated carbocycles. The molecule has 13 heteroatoms. The third kappa shape index (κ3) is 5.56. The lowest BCUT2D eigenvalue weighted by Crippen LogP contribution is -2.40. The zero-order chi connectivity index (χ0) is 31.0. The Morgan fingerprint density at radius 3 is 2.77 bits per heavy atom. The van der Waals surface area contributed by atoms with Crippen molar-refractivity contribution in [3.63, 3.8) is 0 Å². The number of aromatic nitrogens is 4. The van der Waals surface area contributed by atoms with Gasteiger partial charge < -0.3 is 20.7 Å². The van der Waals surface area contributed by atoms with Gasteiger partial charge in [-0.25, -0.2) is 23.4 Å². The maximum atomic E-state index is 15.3. The van der Waals surface area contributed by atoms with E-state index in [0.29, 0.717) is 24.0 Å². The van der Waals surface area contributed by atoms with Crippen LogP contribution in [0.5, 0.6) is 11.5 Å². The first-order valence-corrected chi connectivity index (χ1v) is 14.3. The Labute approximate surface area is 250 Å². The Bertz CT molecular complexity index is 1830. The molecule has 3 N–H and O–H groups in total. The number of hydrogen-bond donors (Lipinski definition) is 2. The number of ether oxygens (including phenoxy) is 1. The second kappa shape index (κ2) is 11.6. The van der Waals surface area contributed by atoms with Crippen LogP contribution in [0.25, 0.3) is 22.4 Å². The van der Waals surface area contributed by atoms with E-state index in [0.717, 1.165) is 37.9 Å². The summed E-state index contributed by atoms with van der Waals surface area (Å²) in [6, 6.07) is 9.07. The summed E-state index contributed by atoms with van der Waals surface area (Å²) in [5, 5.41) is 18.0. The predicted molar refractivity (Wildman–Crippen MR) is 156 cm³/mol. The van der Waals surface area contributed by atoms with E-state index >= 15 is 4.39 Å². The van der Waals surface area contributed by atoms with Gasteiger partial charge in [0.25, 0.3) is 5.91 Å². The van der Waals surface area contributed by atoms with Crippen molar-refractivity contribution in [3.05, 3.63) is 71.7 Å². The first-order valence-electron chi connectivity index (χ1n) is 14.3. The number of anilines is 1. The van der Waals surface area contributed by atoms with E-state index in [2.05, 4.69) is 26.5 Å². The molecule has 1 saturated heterocycles. The summed E-state index contributed by atoms with van der Waals surface area (Å²) in [5.41, 5.74) is 6.41. The number of nitriles is 1. The van der Waals surface area contributed by atoms with E-state index in [9.17, 15) is 18.8 Å². The molecular weight excluding hydrogens is 573 g/mol. The third-order valence-corrected chi connectivity index (χ3v) is 7.96. The monoisotopic (exact) mass is 602 g/mol. The number of halogens is 3. The number of amides is 1. The van der Waals surface area contributed by atoms with Gasteiger partial charge in [-0.1, -0.05) is 13.0 Å². The van der Waals surface area contributed by atoms with Crippen LogP contribution >= 0.6 is 0 Å². The molecule has 0 radical (unpaired) electrons. The second-order valence-corrected chi connectivity index (χ2v) is 10.9. The summed E-state index contributed by atoms with van der Waals surface area (Å²) in [7, 11) is 0. The van der Waals surface area contributed by atoms with E-state index in [1.165, 1.54) is 30.5 Å². The number of nitrogens with zero attached hydrogens (tertiary/aromatic N) is 6. The Hall–Kier alpha value is -4.96. The molecule has 1 aliphatic carbocycles. The first kappa shape index (κ1) is 29.1. The lowest BCUT2D eigenvalue weighted by atomic mass is 10.1. The fourth-order valence-electron chi connectivity index (χ4n) is 5.59. The number of likely N-dealkylation sites (tertiary alicyclic amines) is 1. The highest BCUT2D eigenvalue weighted by atomic mass is 19.2. The van der Waals surface area contributed by atoms with Gasteiger partial charge >= 0.3 is 0 Å². The molecule has 1 atom stereocenters. The number of carbonyl (C=O) groups excluding carboxylic acids is 1. The molecule has 2 aliphatic rings. The van der Waals surface area contributed by atoms with Crippen LogP contribution in [0.15, 0.2) is 54.2 Å². The van der Waals surface area contributed by atoms with Crippen LogP contribution in [-0.4, -0.2) is 55.2 Å². The summed E-state index contributed by atoms with van der Waals surface area (Å²) in [6.07, 6.45) is 6.52. The molecule has 226 valence electrons. The number of benzene rings is 2. The minimum atomic E-state index is -1.19. The Morgan fingerprint density at radius 2 is 2.05 bits per heavy atom. The Morgan fingerprint density at radius 1 is 1.23 bits per heavy atom. The topological polar surface area (TPSA) is 135 Å². The number of nitrogens with two attached hydrogens (primary N) is 1. The molecule has 6 rings (SSSR count). The van der Waals surface area contributed by atoms with E-state index in [1.807, 2.05) is 6.92 Å². The van der Waals surface area contributed by atoms with Crippen molar-refractivity contribution in [3.8, 4) is 29.0 Å². The van der Waals surface area contributed by atoms with Crippen LogP contribution in [-0.2, 0) is 11.3 Å². The van der Waals surface area contributed by atoms with Gasteiger partial charge in [-0.05, 0) is 62.6 Å². The van der Waals surface area contributed by atoms with Crippen LogP contribution in [0.3, 0.4) is 0 Å². The first-order chi connectivity index (χ1) is 21.2. The molecule has 4 aromatic rings. The minimum absolute atomic E-state index is 0.00887. The predicted octanol–water partition coefficient (Wildman–Crippen LogP) is 4.87. The van der Waals surface area contributed by atoms with Crippen LogP contribution in [0.4, 0.5) is 19.0 Å². The van der Waals surface area contributed by atoms with Crippen LogP contribution in [0.2, 0.25) is 0 Å². The molecule has 0 spiro atoms. The molecule has 44 heavy (non-hydrogen) atoms. The molecule has 2 aromatic carbocycles. The molecule has 1 aliphatic heterocycles. The van der Waals surface area contributed by atoms with E-state index in [4.69, 9.17) is 10.5 Å². The highest BCUT2D eigenvalue weighted by molar-refractivity contribution is 5.98. The number of rotatable bonds is 9. The molecule has 1 amide bonds. The third-order valence-electron chi connectivity index (χ3n) is 7.96. The average Bonchev–Trinajstić information content (AvgIpc) is 3.39. The highest BCUT2D eigenvalue weighted by Gasteiger charge is 2.41. The number of carbonyl (C=O) groups is 1. The fraction of sp³-hybridized carbons (Fsp3) is 0.323. The van der Waals surface area contributed by atoms with Crippen molar-refractivity contribution in [2.75, 3.05) is 18.8 Å². The SMILES string of the molecule is CCNC1(C=C(C#N)C(=O)N2CCC[C@H]2Cn2ncc3c(N)nc(-c4ccc(Oc5cccc(F)c5F)cc4F)nc32)CC1. The molecule has 0 bridgehead atoms. The van der Waals surface area contributed by atoms with Crippen molar-refractivity contribution in [1.29, 1.82) is 5.26 Å². The molecule has 10 nitrogen and oxygen atoms in total.